The van der Waals surface area contributed by atoms with Crippen molar-refractivity contribution < 1.29 is 19.1 Å². The number of hydrogen-bond donors (Lipinski definition) is 0. The SMILES string of the molecule is C=CC(=O)CCCOCC(CCCC(=O)C=C)CCCC(=O)CC. The van der Waals surface area contributed by atoms with Crippen LogP contribution in [0, 0.1) is 5.92 Å². The van der Waals surface area contributed by atoms with Gasteiger partial charge in [-0.05, 0) is 50.2 Å². The lowest BCUT2D eigenvalue weighted by molar-refractivity contribution is -0.119. The van der Waals surface area contributed by atoms with Crippen molar-refractivity contribution in [1.29, 1.82) is 0 Å². The zero-order valence-corrected chi connectivity index (χ0v) is 15.1. The van der Waals surface area contributed by atoms with Gasteiger partial charge in [-0.2, -0.15) is 0 Å². The first kappa shape index (κ1) is 22.4. The van der Waals surface area contributed by atoms with Gasteiger partial charge in [0.05, 0.1) is 0 Å². The van der Waals surface area contributed by atoms with Gasteiger partial charge in [-0.3, -0.25) is 14.4 Å². The average Bonchev–Trinajstić information content (AvgIpc) is 2.59. The highest BCUT2D eigenvalue weighted by molar-refractivity contribution is 5.89. The largest absolute Gasteiger partial charge is 0.381 e. The van der Waals surface area contributed by atoms with Gasteiger partial charge in [-0.25, -0.2) is 0 Å². The molecule has 0 fully saturated rings. The predicted octanol–water partition coefficient (Wildman–Crippen LogP) is 4.23. The van der Waals surface area contributed by atoms with Gasteiger partial charge in [-0.1, -0.05) is 20.1 Å². The van der Waals surface area contributed by atoms with E-state index in [0.717, 1.165) is 25.7 Å². The van der Waals surface area contributed by atoms with Gasteiger partial charge in [0.2, 0.25) is 0 Å². The molecule has 4 nitrogen and oxygen atoms in total. The molecule has 1 atom stereocenters. The predicted molar refractivity (Wildman–Crippen MR) is 97.0 cm³/mol. The van der Waals surface area contributed by atoms with Gasteiger partial charge < -0.3 is 4.74 Å². The van der Waals surface area contributed by atoms with Crippen molar-refractivity contribution in [2.75, 3.05) is 13.2 Å². The smallest absolute Gasteiger partial charge is 0.155 e. The van der Waals surface area contributed by atoms with E-state index in [1.807, 2.05) is 6.92 Å². The Morgan fingerprint density at radius 2 is 1.46 bits per heavy atom. The zero-order chi connectivity index (χ0) is 18.2. The molecule has 4 heteroatoms. The van der Waals surface area contributed by atoms with E-state index in [-0.39, 0.29) is 11.6 Å². The molecular formula is C20H32O4. The van der Waals surface area contributed by atoms with Crippen LogP contribution in [0.1, 0.15) is 64.7 Å². The maximum Gasteiger partial charge on any atom is 0.155 e. The molecule has 0 aromatic rings. The van der Waals surface area contributed by atoms with Crippen LogP contribution >= 0.6 is 0 Å². The lowest BCUT2D eigenvalue weighted by atomic mass is 9.95. The molecule has 0 radical (unpaired) electrons. The van der Waals surface area contributed by atoms with Gasteiger partial charge in [0.1, 0.15) is 5.78 Å². The van der Waals surface area contributed by atoms with Crippen molar-refractivity contribution in [1.82, 2.24) is 0 Å². The third kappa shape index (κ3) is 12.9. The average molecular weight is 336 g/mol. The van der Waals surface area contributed by atoms with E-state index in [2.05, 4.69) is 13.2 Å². The second kappa shape index (κ2) is 15.0. The van der Waals surface area contributed by atoms with E-state index in [1.165, 1.54) is 12.2 Å². The Hall–Kier alpha value is -1.55. The van der Waals surface area contributed by atoms with Gasteiger partial charge in [-0.15, -0.1) is 0 Å². The summed E-state index contributed by atoms with van der Waals surface area (Å²) in [5.74, 6) is 0.747. The molecule has 0 saturated heterocycles. The van der Waals surface area contributed by atoms with Crippen LogP contribution in [0.5, 0.6) is 0 Å². The van der Waals surface area contributed by atoms with E-state index in [0.29, 0.717) is 57.0 Å². The molecule has 0 bridgehead atoms. The molecule has 0 rings (SSSR count). The van der Waals surface area contributed by atoms with Gasteiger partial charge in [0.25, 0.3) is 0 Å². The number of ether oxygens (including phenoxy) is 1. The normalized spacial score (nSPS) is 11.7. The zero-order valence-electron chi connectivity index (χ0n) is 15.1. The Morgan fingerprint density at radius 1 is 0.917 bits per heavy atom. The van der Waals surface area contributed by atoms with Gasteiger partial charge in [0, 0.05) is 38.9 Å². The highest BCUT2D eigenvalue weighted by Gasteiger charge is 2.11. The van der Waals surface area contributed by atoms with Crippen LogP contribution in [0.25, 0.3) is 0 Å². The van der Waals surface area contributed by atoms with Crippen molar-refractivity contribution >= 4 is 17.3 Å². The summed E-state index contributed by atoms with van der Waals surface area (Å²) in [5.41, 5.74) is 0. The van der Waals surface area contributed by atoms with E-state index < -0.39 is 0 Å². The molecule has 0 aromatic heterocycles. The first-order valence-electron chi connectivity index (χ1n) is 8.93. The number of carbonyl (C=O) groups excluding carboxylic acids is 3. The Kier molecular flexibility index (Phi) is 14.0. The van der Waals surface area contributed by atoms with Crippen LogP contribution in [-0.2, 0) is 19.1 Å². The van der Waals surface area contributed by atoms with Crippen LogP contribution in [0.15, 0.2) is 25.3 Å². The van der Waals surface area contributed by atoms with Crippen LogP contribution in [0.4, 0.5) is 0 Å². The number of Topliss-reactive ketones (excluding diaryl/α,β-unsaturated/α-hetero) is 1. The van der Waals surface area contributed by atoms with E-state index in [1.54, 1.807) is 0 Å². The fourth-order valence-electron chi connectivity index (χ4n) is 2.44. The van der Waals surface area contributed by atoms with Crippen molar-refractivity contribution in [2.24, 2.45) is 5.92 Å². The van der Waals surface area contributed by atoms with Crippen LogP contribution < -0.4 is 0 Å². The Balaban J connectivity index is 4.07. The van der Waals surface area contributed by atoms with E-state index in [4.69, 9.17) is 4.74 Å². The first-order chi connectivity index (χ1) is 11.5. The van der Waals surface area contributed by atoms with Gasteiger partial charge >= 0.3 is 0 Å². The molecule has 0 aliphatic heterocycles. The molecular weight excluding hydrogens is 304 g/mol. The van der Waals surface area contributed by atoms with Crippen molar-refractivity contribution in [3.8, 4) is 0 Å². The van der Waals surface area contributed by atoms with Crippen LogP contribution in [0.3, 0.4) is 0 Å². The first-order valence-corrected chi connectivity index (χ1v) is 8.93. The molecule has 0 spiro atoms. The number of carbonyl (C=O) groups is 3. The van der Waals surface area contributed by atoms with E-state index >= 15 is 0 Å². The van der Waals surface area contributed by atoms with E-state index in [9.17, 15) is 14.4 Å². The molecule has 0 aliphatic carbocycles. The van der Waals surface area contributed by atoms with Crippen molar-refractivity contribution in [2.45, 2.75) is 64.7 Å². The molecule has 0 aromatic carbocycles. The minimum atomic E-state index is 0.0381. The van der Waals surface area contributed by atoms with Crippen LogP contribution in [-0.4, -0.2) is 30.6 Å². The number of ketones is 3. The quantitative estimate of drug-likeness (QED) is 0.294. The second-order valence-corrected chi connectivity index (χ2v) is 6.06. The third-order valence-electron chi connectivity index (χ3n) is 4.02. The highest BCUT2D eigenvalue weighted by Crippen LogP contribution is 2.18. The summed E-state index contributed by atoms with van der Waals surface area (Å²) in [4.78, 5) is 33.8. The van der Waals surface area contributed by atoms with Crippen LogP contribution in [0.2, 0.25) is 0 Å². The summed E-state index contributed by atoms with van der Waals surface area (Å²) in [6, 6.07) is 0. The fraction of sp³-hybridized carbons (Fsp3) is 0.650. The topological polar surface area (TPSA) is 60.4 Å². The maximum absolute atomic E-state index is 11.4. The fourth-order valence-corrected chi connectivity index (χ4v) is 2.44. The standard InChI is InChI=1S/C20H32O4/c1-4-18(21)12-7-10-17(11-8-13-19(22)5-2)16-24-15-9-14-20(23)6-3/h4,6,17H,1,3,5,7-16H2,2H3. The molecule has 0 N–H and O–H groups in total. The Bertz CT molecular complexity index is 412. The number of rotatable bonds is 17. The minimum Gasteiger partial charge on any atom is -0.381 e. The third-order valence-corrected chi connectivity index (χ3v) is 4.02. The maximum atomic E-state index is 11.4. The number of hydrogen-bond acceptors (Lipinski definition) is 4. The molecule has 136 valence electrons. The summed E-state index contributed by atoms with van der Waals surface area (Å²) in [5, 5.41) is 0. The molecule has 24 heavy (non-hydrogen) atoms. The Morgan fingerprint density at radius 3 is 2.00 bits per heavy atom. The highest BCUT2D eigenvalue weighted by atomic mass is 16.5. The monoisotopic (exact) mass is 336 g/mol. The summed E-state index contributed by atoms with van der Waals surface area (Å²) >= 11 is 0. The minimum absolute atomic E-state index is 0.0381. The summed E-state index contributed by atoms with van der Waals surface area (Å²) in [6.45, 7) is 9.98. The van der Waals surface area contributed by atoms with Gasteiger partial charge in [0.15, 0.2) is 11.6 Å². The lowest BCUT2D eigenvalue weighted by Crippen LogP contribution is -2.12. The van der Waals surface area contributed by atoms with Crippen molar-refractivity contribution in [3.05, 3.63) is 25.3 Å². The van der Waals surface area contributed by atoms with Crippen molar-refractivity contribution in [3.63, 3.8) is 0 Å². The summed E-state index contributed by atoms with van der Waals surface area (Å²) in [7, 11) is 0. The molecule has 1 unspecified atom stereocenters. The molecule has 0 amide bonds. The second-order valence-electron chi connectivity index (χ2n) is 6.06. The molecule has 0 saturated carbocycles. The molecule has 0 aliphatic rings. The Labute approximate surface area is 146 Å². The summed E-state index contributed by atoms with van der Waals surface area (Å²) in [6.07, 6.45) is 9.10. The lowest BCUT2D eigenvalue weighted by Gasteiger charge is -2.16. The number of allylic oxidation sites excluding steroid dienone is 2. The summed E-state index contributed by atoms with van der Waals surface area (Å²) < 4.78 is 5.68. The molecule has 0 heterocycles.